The maximum absolute atomic E-state index is 12.4. The van der Waals surface area contributed by atoms with E-state index in [0.29, 0.717) is 29.1 Å². The van der Waals surface area contributed by atoms with E-state index in [2.05, 4.69) is 15.2 Å². The van der Waals surface area contributed by atoms with Gasteiger partial charge in [-0.1, -0.05) is 6.07 Å². The first-order valence-corrected chi connectivity index (χ1v) is 9.60. The van der Waals surface area contributed by atoms with Crippen LogP contribution >= 0.6 is 0 Å². The molecular weight excluding hydrogens is 356 g/mol. The van der Waals surface area contributed by atoms with Gasteiger partial charge in [-0.3, -0.25) is 19.2 Å². The lowest BCUT2D eigenvalue weighted by atomic mass is 9.93. The molecule has 0 atom stereocenters. The molecule has 1 fully saturated rings. The number of carbonyl (C=O) groups is 1. The number of rotatable bonds is 5. The first kappa shape index (κ1) is 18.4. The predicted molar refractivity (Wildman–Crippen MR) is 107 cm³/mol. The zero-order valence-corrected chi connectivity index (χ0v) is 15.9. The topological polar surface area (TPSA) is 80.4 Å². The van der Waals surface area contributed by atoms with Crippen LogP contribution in [0.25, 0.3) is 11.1 Å². The molecule has 7 nitrogen and oxygen atoms in total. The smallest absolute Gasteiger partial charge is 0.408 e. The van der Waals surface area contributed by atoms with E-state index in [9.17, 15) is 9.59 Å². The van der Waals surface area contributed by atoms with Gasteiger partial charge in [-0.15, -0.1) is 0 Å². The van der Waals surface area contributed by atoms with Crippen LogP contribution in [-0.2, 0) is 18.4 Å². The van der Waals surface area contributed by atoms with Crippen molar-refractivity contribution in [2.45, 2.75) is 25.8 Å². The molecule has 0 aliphatic carbocycles. The van der Waals surface area contributed by atoms with Gasteiger partial charge in [0.25, 0.3) is 0 Å². The molecule has 146 valence electrons. The van der Waals surface area contributed by atoms with Gasteiger partial charge >= 0.3 is 5.76 Å². The number of nitrogens with one attached hydrogen (secondary N) is 1. The summed E-state index contributed by atoms with van der Waals surface area (Å²) in [7, 11) is 1.66. The molecular formula is C21H24N4O3. The second-order valence-corrected chi connectivity index (χ2v) is 7.40. The molecule has 1 amide bonds. The Morgan fingerprint density at radius 2 is 2.07 bits per heavy atom. The molecule has 3 heterocycles. The Morgan fingerprint density at radius 3 is 2.82 bits per heavy atom. The number of amides is 1. The minimum atomic E-state index is -0.407. The summed E-state index contributed by atoms with van der Waals surface area (Å²) in [5.41, 5.74) is 2.93. The van der Waals surface area contributed by atoms with E-state index in [1.165, 1.54) is 4.57 Å². The quantitative estimate of drug-likeness (QED) is 0.736. The normalized spacial score (nSPS) is 15.8. The molecule has 1 aliphatic heterocycles. The van der Waals surface area contributed by atoms with Gasteiger partial charge in [0.05, 0.1) is 11.2 Å². The molecule has 0 unspecified atom stereocenters. The van der Waals surface area contributed by atoms with Crippen molar-refractivity contribution in [2.75, 3.05) is 18.4 Å². The van der Waals surface area contributed by atoms with E-state index in [1.54, 1.807) is 25.2 Å². The third-order valence-corrected chi connectivity index (χ3v) is 5.37. The average molecular weight is 380 g/mol. The second-order valence-electron chi connectivity index (χ2n) is 7.40. The number of aromatic nitrogens is 2. The summed E-state index contributed by atoms with van der Waals surface area (Å²) in [5.74, 6) is -0.0184. The van der Waals surface area contributed by atoms with Crippen LogP contribution in [0.1, 0.15) is 25.0 Å². The van der Waals surface area contributed by atoms with Gasteiger partial charge in [-0.2, -0.15) is 0 Å². The van der Waals surface area contributed by atoms with Crippen LogP contribution in [0.2, 0.25) is 0 Å². The fourth-order valence-corrected chi connectivity index (χ4v) is 3.76. The van der Waals surface area contributed by atoms with Crippen molar-refractivity contribution in [3.8, 4) is 0 Å². The highest BCUT2D eigenvalue weighted by Gasteiger charge is 2.22. The van der Waals surface area contributed by atoms with E-state index in [-0.39, 0.29) is 5.91 Å². The largest absolute Gasteiger partial charge is 0.419 e. The predicted octanol–water partition coefficient (Wildman–Crippen LogP) is 2.77. The first-order chi connectivity index (χ1) is 13.6. The molecule has 2 aromatic heterocycles. The van der Waals surface area contributed by atoms with E-state index >= 15 is 0 Å². The number of aryl methyl sites for hydroxylation is 1. The molecule has 0 saturated carbocycles. The third-order valence-electron chi connectivity index (χ3n) is 5.37. The monoisotopic (exact) mass is 380 g/mol. The van der Waals surface area contributed by atoms with Gasteiger partial charge in [0.1, 0.15) is 0 Å². The minimum Gasteiger partial charge on any atom is -0.408 e. The van der Waals surface area contributed by atoms with Gasteiger partial charge < -0.3 is 9.73 Å². The van der Waals surface area contributed by atoms with Crippen molar-refractivity contribution < 1.29 is 9.21 Å². The number of anilines is 1. The number of benzene rings is 1. The zero-order valence-electron chi connectivity index (χ0n) is 15.9. The number of piperidine rings is 1. The standard InChI is InChI=1S/C21H24N4O3/c1-24-18-6-5-16(13-19(18)28-21(24)27)23-20(26)12-15-7-10-25(11-8-15)14-17-4-2-3-9-22-17/h2-6,9,13,15H,7-8,10-12,14H2,1H3,(H,23,26). The highest BCUT2D eigenvalue weighted by molar-refractivity contribution is 5.92. The Labute approximate surface area is 163 Å². The Kier molecular flexibility index (Phi) is 5.25. The molecule has 4 rings (SSSR count). The maximum atomic E-state index is 12.4. The number of nitrogens with zero attached hydrogens (tertiary/aromatic N) is 3. The first-order valence-electron chi connectivity index (χ1n) is 9.60. The summed E-state index contributed by atoms with van der Waals surface area (Å²) in [5, 5.41) is 2.93. The Bertz CT molecular complexity index is 1020. The highest BCUT2D eigenvalue weighted by Crippen LogP contribution is 2.23. The Hall–Kier alpha value is -2.93. The Balaban J connectivity index is 1.28. The molecule has 1 aromatic carbocycles. The van der Waals surface area contributed by atoms with Crippen LogP contribution < -0.4 is 11.1 Å². The van der Waals surface area contributed by atoms with Crippen LogP contribution in [0.4, 0.5) is 5.69 Å². The van der Waals surface area contributed by atoms with E-state index < -0.39 is 5.76 Å². The highest BCUT2D eigenvalue weighted by atomic mass is 16.4. The van der Waals surface area contributed by atoms with Crippen molar-refractivity contribution in [3.05, 3.63) is 58.8 Å². The third kappa shape index (κ3) is 4.14. The average Bonchev–Trinajstić information content (AvgIpc) is 2.97. The zero-order chi connectivity index (χ0) is 19.5. The number of fused-ring (bicyclic) bond motifs is 1. The van der Waals surface area contributed by atoms with E-state index in [1.807, 2.05) is 24.4 Å². The lowest BCUT2D eigenvalue weighted by Crippen LogP contribution is -2.34. The molecule has 1 N–H and O–H groups in total. The molecule has 1 saturated heterocycles. The van der Waals surface area contributed by atoms with Gasteiger partial charge in [0, 0.05) is 38.0 Å². The molecule has 0 bridgehead atoms. The van der Waals surface area contributed by atoms with Gasteiger partial charge in [0.15, 0.2) is 5.58 Å². The van der Waals surface area contributed by atoms with Crippen molar-refractivity contribution in [1.29, 1.82) is 0 Å². The summed E-state index contributed by atoms with van der Waals surface area (Å²) < 4.78 is 6.62. The molecule has 7 heteroatoms. The molecule has 1 aliphatic rings. The summed E-state index contributed by atoms with van der Waals surface area (Å²) in [4.78, 5) is 30.8. The van der Waals surface area contributed by atoms with Crippen LogP contribution in [0, 0.1) is 5.92 Å². The van der Waals surface area contributed by atoms with E-state index in [0.717, 1.165) is 38.2 Å². The number of likely N-dealkylation sites (tertiary alicyclic amines) is 1. The molecule has 28 heavy (non-hydrogen) atoms. The lowest BCUT2D eigenvalue weighted by molar-refractivity contribution is -0.117. The van der Waals surface area contributed by atoms with Crippen molar-refractivity contribution in [1.82, 2.24) is 14.5 Å². The van der Waals surface area contributed by atoms with Crippen LogP contribution in [-0.4, -0.2) is 33.4 Å². The van der Waals surface area contributed by atoms with Crippen molar-refractivity contribution >= 4 is 22.7 Å². The summed E-state index contributed by atoms with van der Waals surface area (Å²) >= 11 is 0. The van der Waals surface area contributed by atoms with Gasteiger partial charge in [0.2, 0.25) is 5.91 Å². The number of pyridine rings is 1. The summed E-state index contributed by atoms with van der Waals surface area (Å²) in [6, 6.07) is 11.3. The molecule has 0 radical (unpaired) electrons. The molecule has 3 aromatic rings. The fraction of sp³-hybridized carbons (Fsp3) is 0.381. The fourth-order valence-electron chi connectivity index (χ4n) is 3.76. The number of hydrogen-bond donors (Lipinski definition) is 1. The lowest BCUT2D eigenvalue weighted by Gasteiger charge is -2.31. The second kappa shape index (κ2) is 7.98. The van der Waals surface area contributed by atoms with Crippen molar-refractivity contribution in [2.24, 2.45) is 13.0 Å². The number of carbonyl (C=O) groups excluding carboxylic acids is 1. The van der Waals surface area contributed by atoms with Crippen LogP contribution in [0.3, 0.4) is 0 Å². The van der Waals surface area contributed by atoms with Crippen LogP contribution in [0.5, 0.6) is 0 Å². The maximum Gasteiger partial charge on any atom is 0.419 e. The molecule has 0 spiro atoms. The van der Waals surface area contributed by atoms with E-state index in [4.69, 9.17) is 4.42 Å². The SMILES string of the molecule is Cn1c(=O)oc2cc(NC(=O)CC3CCN(Cc4ccccn4)CC3)ccc21. The summed E-state index contributed by atoms with van der Waals surface area (Å²) in [6.45, 7) is 2.83. The minimum absolute atomic E-state index is 0.000745. The Morgan fingerprint density at radius 1 is 1.25 bits per heavy atom. The van der Waals surface area contributed by atoms with Gasteiger partial charge in [-0.25, -0.2) is 4.79 Å². The van der Waals surface area contributed by atoms with Crippen LogP contribution in [0.15, 0.2) is 51.8 Å². The number of oxazole rings is 1. The van der Waals surface area contributed by atoms with Crippen molar-refractivity contribution in [3.63, 3.8) is 0 Å². The number of hydrogen-bond acceptors (Lipinski definition) is 5. The van der Waals surface area contributed by atoms with Gasteiger partial charge in [-0.05, 0) is 56.1 Å². The summed E-state index contributed by atoms with van der Waals surface area (Å²) in [6.07, 6.45) is 4.35.